The molecule has 0 aliphatic heterocycles. The van der Waals surface area contributed by atoms with Crippen LogP contribution in [0.2, 0.25) is 0 Å². The van der Waals surface area contributed by atoms with Gasteiger partial charge < -0.3 is 14.8 Å². The van der Waals surface area contributed by atoms with Crippen LogP contribution < -0.4 is 51.4 Å². The second kappa shape index (κ2) is 4.93. The Morgan fingerprint density at radius 3 is 2.21 bits per heavy atom. The number of phenols is 2. The molecule has 2 N–H and O–H groups in total. The number of hydrogen-bond acceptors (Lipinski definition) is 5. The summed E-state index contributed by atoms with van der Waals surface area (Å²) in [5.41, 5.74) is -0.144. The summed E-state index contributed by atoms with van der Waals surface area (Å²) in [4.78, 5) is -0.525. The molecule has 0 atom stereocenters. The number of benzene rings is 1. The fourth-order valence-corrected chi connectivity index (χ4v) is 1.64. The van der Waals surface area contributed by atoms with E-state index in [-0.39, 0.29) is 56.9 Å². The van der Waals surface area contributed by atoms with Gasteiger partial charge in [0, 0.05) is 5.56 Å². The smallest absolute Gasteiger partial charge is 0.744 e. The first-order chi connectivity index (χ1) is 5.84. The third-order valence-corrected chi connectivity index (χ3v) is 2.61. The average Bonchev–Trinajstić information content (AvgIpc) is 1.98. The van der Waals surface area contributed by atoms with Crippen LogP contribution in [0.5, 0.6) is 11.5 Å². The van der Waals surface area contributed by atoms with Gasteiger partial charge >= 0.3 is 51.4 Å². The number of rotatable bonds is 1. The first-order valence-electron chi connectivity index (χ1n) is 3.31. The van der Waals surface area contributed by atoms with Crippen LogP contribution in [0.25, 0.3) is 0 Å². The van der Waals surface area contributed by atoms with Crippen LogP contribution in [0.1, 0.15) is 5.56 Å². The molecule has 0 heterocycles. The maximum absolute atomic E-state index is 10.6. The maximum atomic E-state index is 10.6. The van der Waals surface area contributed by atoms with Crippen molar-refractivity contribution < 1.29 is 74.6 Å². The van der Waals surface area contributed by atoms with E-state index >= 15 is 0 Å². The maximum Gasteiger partial charge on any atom is 1.00 e. The minimum absolute atomic E-state index is 0. The Balaban J connectivity index is 0.00000169. The largest absolute Gasteiger partial charge is 1.00 e. The predicted molar refractivity (Wildman–Crippen MR) is 42.5 cm³/mol. The van der Waals surface area contributed by atoms with Crippen molar-refractivity contribution in [3.05, 3.63) is 17.7 Å². The third kappa shape index (κ3) is 2.93. The third-order valence-electron chi connectivity index (χ3n) is 1.63. The molecule has 0 saturated carbocycles. The van der Waals surface area contributed by atoms with Gasteiger partial charge in [0.15, 0.2) is 11.5 Å². The van der Waals surface area contributed by atoms with E-state index in [2.05, 4.69) is 0 Å². The van der Waals surface area contributed by atoms with Crippen molar-refractivity contribution in [2.24, 2.45) is 0 Å². The predicted octanol–water partition coefficient (Wildman–Crippen LogP) is -2.69. The molecule has 5 nitrogen and oxygen atoms in total. The molecule has 0 bridgehead atoms. The molecule has 1 aromatic rings. The molecular formula is C7H7KO5S. The standard InChI is InChI=1S/C7H8O5S.K/c1-4-6(13(10,11)12)3-2-5(8)7(4)9;/h2-3,8-9H,1H3,(H,10,11,12);/q;+1/p-1. The van der Waals surface area contributed by atoms with Gasteiger partial charge in [-0.1, -0.05) is 0 Å². The zero-order valence-corrected chi connectivity index (χ0v) is 11.6. The molecule has 0 amide bonds. The molecule has 0 saturated heterocycles. The fourth-order valence-electron chi connectivity index (χ4n) is 0.938. The van der Waals surface area contributed by atoms with Gasteiger partial charge in [0.2, 0.25) is 0 Å². The van der Waals surface area contributed by atoms with E-state index in [0.717, 1.165) is 12.1 Å². The van der Waals surface area contributed by atoms with Crippen molar-refractivity contribution in [1.82, 2.24) is 0 Å². The van der Waals surface area contributed by atoms with Crippen molar-refractivity contribution in [3.63, 3.8) is 0 Å². The Bertz CT molecular complexity index is 440. The normalized spacial score (nSPS) is 10.7. The van der Waals surface area contributed by atoms with Crippen molar-refractivity contribution in [2.45, 2.75) is 11.8 Å². The van der Waals surface area contributed by atoms with Gasteiger partial charge in [0.05, 0.1) is 4.90 Å². The zero-order chi connectivity index (χ0) is 10.2. The summed E-state index contributed by atoms with van der Waals surface area (Å²) in [6.07, 6.45) is 0. The summed E-state index contributed by atoms with van der Waals surface area (Å²) < 4.78 is 31.7. The second-order valence-electron chi connectivity index (χ2n) is 2.51. The van der Waals surface area contributed by atoms with Gasteiger partial charge in [-0.15, -0.1) is 0 Å². The van der Waals surface area contributed by atoms with Crippen molar-refractivity contribution >= 4 is 10.1 Å². The molecule has 14 heavy (non-hydrogen) atoms. The molecule has 1 aromatic carbocycles. The molecule has 7 heteroatoms. The molecule has 0 aliphatic carbocycles. The minimum Gasteiger partial charge on any atom is -0.744 e. The van der Waals surface area contributed by atoms with E-state index in [1.807, 2.05) is 0 Å². The summed E-state index contributed by atoms with van der Waals surface area (Å²) in [7, 11) is -4.59. The van der Waals surface area contributed by atoms with Crippen molar-refractivity contribution in [1.29, 1.82) is 0 Å². The fraction of sp³-hybridized carbons (Fsp3) is 0.143. The number of aromatic hydroxyl groups is 2. The van der Waals surface area contributed by atoms with E-state index in [9.17, 15) is 13.0 Å². The van der Waals surface area contributed by atoms with E-state index in [1.165, 1.54) is 6.92 Å². The Hall–Kier alpha value is 0.366. The van der Waals surface area contributed by atoms with E-state index < -0.39 is 26.5 Å². The van der Waals surface area contributed by atoms with Gasteiger partial charge in [-0.2, -0.15) is 0 Å². The van der Waals surface area contributed by atoms with Crippen LogP contribution in [-0.2, 0) is 10.1 Å². The summed E-state index contributed by atoms with van der Waals surface area (Å²) in [6, 6.07) is 1.90. The van der Waals surface area contributed by atoms with Crippen molar-refractivity contribution in [2.75, 3.05) is 0 Å². The van der Waals surface area contributed by atoms with Gasteiger partial charge in [0.1, 0.15) is 10.1 Å². The summed E-state index contributed by atoms with van der Waals surface area (Å²) in [6.45, 7) is 1.24. The van der Waals surface area contributed by atoms with Gasteiger partial charge in [0.25, 0.3) is 0 Å². The van der Waals surface area contributed by atoms with Gasteiger partial charge in [-0.3, -0.25) is 0 Å². The quantitative estimate of drug-likeness (QED) is 0.317. The second-order valence-corrected chi connectivity index (χ2v) is 3.86. The van der Waals surface area contributed by atoms with Crippen LogP contribution in [0, 0.1) is 6.92 Å². The van der Waals surface area contributed by atoms with Gasteiger partial charge in [-0.25, -0.2) is 8.42 Å². The molecule has 0 unspecified atom stereocenters. The van der Waals surface area contributed by atoms with E-state index in [0.29, 0.717) is 0 Å². The molecular weight excluding hydrogens is 235 g/mol. The molecule has 0 aromatic heterocycles. The van der Waals surface area contributed by atoms with Crippen LogP contribution >= 0.6 is 0 Å². The molecule has 0 fully saturated rings. The molecule has 0 aliphatic rings. The monoisotopic (exact) mass is 242 g/mol. The summed E-state index contributed by atoms with van der Waals surface area (Å²) in [5.74, 6) is -1.04. The first kappa shape index (κ1) is 14.4. The number of hydrogen-bond donors (Lipinski definition) is 2. The molecule has 0 radical (unpaired) electrons. The topological polar surface area (TPSA) is 97.7 Å². The Labute approximate surface area is 124 Å². The molecule has 72 valence electrons. The van der Waals surface area contributed by atoms with E-state index in [4.69, 9.17) is 10.2 Å². The van der Waals surface area contributed by atoms with Crippen LogP contribution in [-0.4, -0.2) is 23.2 Å². The molecule has 0 spiro atoms. The summed E-state index contributed by atoms with van der Waals surface area (Å²) in [5, 5.41) is 18.0. The van der Waals surface area contributed by atoms with Crippen LogP contribution in [0.15, 0.2) is 17.0 Å². The Kier molecular flexibility index (Phi) is 5.06. The van der Waals surface area contributed by atoms with Crippen LogP contribution in [0.4, 0.5) is 0 Å². The molecule has 1 rings (SSSR count). The minimum atomic E-state index is -4.59. The zero-order valence-electron chi connectivity index (χ0n) is 7.68. The Morgan fingerprint density at radius 1 is 1.29 bits per heavy atom. The van der Waals surface area contributed by atoms with E-state index in [1.54, 1.807) is 0 Å². The Morgan fingerprint density at radius 2 is 1.79 bits per heavy atom. The summed E-state index contributed by atoms with van der Waals surface area (Å²) >= 11 is 0. The van der Waals surface area contributed by atoms with Crippen LogP contribution in [0.3, 0.4) is 0 Å². The number of phenolic OH excluding ortho intramolecular Hbond substituents is 2. The first-order valence-corrected chi connectivity index (χ1v) is 4.72. The average molecular weight is 242 g/mol. The van der Waals surface area contributed by atoms with Gasteiger partial charge in [-0.05, 0) is 19.1 Å². The SMILES string of the molecule is Cc1c(S(=O)(=O)[O-])ccc(O)c1O.[K+]. The van der Waals surface area contributed by atoms with Crippen molar-refractivity contribution in [3.8, 4) is 11.5 Å².